The van der Waals surface area contributed by atoms with Crippen LogP contribution in [0, 0.1) is 0 Å². The van der Waals surface area contributed by atoms with Gasteiger partial charge >= 0.3 is 0 Å². The van der Waals surface area contributed by atoms with E-state index in [4.69, 9.17) is 0 Å². The molecule has 0 bridgehead atoms. The van der Waals surface area contributed by atoms with Gasteiger partial charge in [-0.1, -0.05) is 26.5 Å². The number of carbonyl (C=O) groups excluding carboxylic acids is 1. The van der Waals surface area contributed by atoms with Gasteiger partial charge in [-0.05, 0) is 29.8 Å². The average molecular weight is 390 g/mol. The molecule has 0 saturated carbocycles. The summed E-state index contributed by atoms with van der Waals surface area (Å²) < 4.78 is 1.85. The Morgan fingerprint density at radius 2 is 2.21 bits per heavy atom. The summed E-state index contributed by atoms with van der Waals surface area (Å²) in [4.78, 5) is 20.2. The molecule has 29 heavy (non-hydrogen) atoms. The van der Waals surface area contributed by atoms with Crippen LogP contribution in [0.1, 0.15) is 47.3 Å². The summed E-state index contributed by atoms with van der Waals surface area (Å²) in [5.74, 6) is 1.58. The minimum Gasteiger partial charge on any atom is -0.506 e. The van der Waals surface area contributed by atoms with Gasteiger partial charge in [-0.25, -0.2) is 4.98 Å². The summed E-state index contributed by atoms with van der Waals surface area (Å²) in [6, 6.07) is 7.04. The molecular formula is C21H22N6O2. The topological polar surface area (TPSA) is 108 Å². The van der Waals surface area contributed by atoms with Crippen molar-refractivity contribution < 1.29 is 9.90 Å². The van der Waals surface area contributed by atoms with Gasteiger partial charge in [-0.15, -0.1) is 10.2 Å². The van der Waals surface area contributed by atoms with Gasteiger partial charge in [0.2, 0.25) is 0 Å². The predicted molar refractivity (Wildman–Crippen MR) is 111 cm³/mol. The third-order valence-corrected chi connectivity index (χ3v) is 4.74. The number of hydrogen-bond acceptors (Lipinski definition) is 5. The number of phenols is 1. The number of H-pyrrole nitrogens is 1. The van der Waals surface area contributed by atoms with Crippen LogP contribution >= 0.6 is 0 Å². The van der Waals surface area contributed by atoms with E-state index in [1.807, 2.05) is 36.6 Å². The zero-order valence-electron chi connectivity index (χ0n) is 16.3. The highest BCUT2D eigenvalue weighted by molar-refractivity contribution is 5.99. The normalized spacial score (nSPS) is 11.4. The molecule has 4 rings (SSSR count). The van der Waals surface area contributed by atoms with E-state index in [0.29, 0.717) is 35.5 Å². The minimum atomic E-state index is -0.216. The maximum Gasteiger partial charge on any atom is 0.255 e. The lowest BCUT2D eigenvalue weighted by Crippen LogP contribution is -2.26. The van der Waals surface area contributed by atoms with Crippen LogP contribution in [-0.2, 0) is 6.42 Å². The van der Waals surface area contributed by atoms with E-state index in [2.05, 4.69) is 32.1 Å². The van der Waals surface area contributed by atoms with Crippen LogP contribution in [-0.4, -0.2) is 42.1 Å². The lowest BCUT2D eigenvalue weighted by atomic mass is 10.2. The van der Waals surface area contributed by atoms with Gasteiger partial charge in [0.15, 0.2) is 5.65 Å². The molecule has 0 aliphatic carbocycles. The first kappa shape index (κ1) is 18.7. The largest absolute Gasteiger partial charge is 0.506 e. The zero-order chi connectivity index (χ0) is 20.5. The second-order valence-electron chi connectivity index (χ2n) is 7.16. The maximum absolute atomic E-state index is 12.7. The second kappa shape index (κ2) is 7.38. The van der Waals surface area contributed by atoms with Gasteiger partial charge in [0.1, 0.15) is 22.9 Å². The lowest BCUT2D eigenvalue weighted by Gasteiger charge is -2.06. The molecule has 3 heterocycles. The smallest absolute Gasteiger partial charge is 0.255 e. The van der Waals surface area contributed by atoms with Crippen LogP contribution in [0.4, 0.5) is 0 Å². The van der Waals surface area contributed by atoms with Crippen molar-refractivity contribution in [3.05, 3.63) is 59.8 Å². The molecule has 1 aromatic carbocycles. The van der Waals surface area contributed by atoms with Gasteiger partial charge in [0.25, 0.3) is 5.91 Å². The summed E-state index contributed by atoms with van der Waals surface area (Å²) in [5.41, 5.74) is 3.06. The number of imidazole rings is 1. The monoisotopic (exact) mass is 390 g/mol. The standard InChI is InChI=1S/C21H22N6O2/c1-4-13-10-15-18(16(28)11-13)24-17(23-15)7-8-22-21(29)14-6-5-9-27-19(12(2)3)25-26-20(14)27/h4-6,9-12,28H,1,7-8H2,2-3H3,(H,22,29)(H,23,24). The Labute approximate surface area is 167 Å². The highest BCUT2D eigenvalue weighted by Gasteiger charge is 2.16. The number of amides is 1. The van der Waals surface area contributed by atoms with Crippen LogP contribution in [0.3, 0.4) is 0 Å². The summed E-state index contributed by atoms with van der Waals surface area (Å²) in [6.45, 7) is 8.17. The Bertz CT molecular complexity index is 1220. The first-order valence-corrected chi connectivity index (χ1v) is 9.44. The molecule has 1 amide bonds. The Hall–Kier alpha value is -3.68. The molecular weight excluding hydrogens is 368 g/mol. The van der Waals surface area contributed by atoms with Crippen LogP contribution in [0.25, 0.3) is 22.8 Å². The first-order chi connectivity index (χ1) is 14.0. The van der Waals surface area contributed by atoms with Crippen molar-refractivity contribution in [1.82, 2.24) is 29.9 Å². The number of phenolic OH excluding ortho intramolecular Hbond substituents is 1. The molecule has 0 fully saturated rings. The number of pyridine rings is 1. The number of aromatic nitrogens is 5. The van der Waals surface area contributed by atoms with E-state index in [1.165, 1.54) is 0 Å². The van der Waals surface area contributed by atoms with Gasteiger partial charge < -0.3 is 15.4 Å². The molecule has 4 aromatic rings. The van der Waals surface area contributed by atoms with E-state index < -0.39 is 0 Å². The third-order valence-electron chi connectivity index (χ3n) is 4.74. The van der Waals surface area contributed by atoms with Crippen LogP contribution in [0.15, 0.2) is 37.0 Å². The van der Waals surface area contributed by atoms with Crippen LogP contribution in [0.5, 0.6) is 5.75 Å². The molecule has 0 radical (unpaired) electrons. The number of hydrogen-bond donors (Lipinski definition) is 3. The van der Waals surface area contributed by atoms with Gasteiger partial charge in [0.05, 0.1) is 11.1 Å². The van der Waals surface area contributed by atoms with Gasteiger partial charge in [-0.2, -0.15) is 0 Å². The number of carbonyl (C=O) groups is 1. The highest BCUT2D eigenvalue weighted by atomic mass is 16.3. The number of aromatic hydroxyl groups is 1. The summed E-state index contributed by atoms with van der Waals surface area (Å²) in [6.07, 6.45) is 4.02. The fourth-order valence-corrected chi connectivity index (χ4v) is 3.30. The number of nitrogens with zero attached hydrogens (tertiary/aromatic N) is 4. The van der Waals surface area contributed by atoms with E-state index in [1.54, 1.807) is 18.2 Å². The van der Waals surface area contributed by atoms with E-state index in [-0.39, 0.29) is 17.6 Å². The zero-order valence-corrected chi connectivity index (χ0v) is 16.3. The highest BCUT2D eigenvalue weighted by Crippen LogP contribution is 2.25. The second-order valence-corrected chi connectivity index (χ2v) is 7.16. The SMILES string of the molecule is C=Cc1cc(O)c2nc(CCNC(=O)c3cccn4c(C(C)C)nnc34)[nH]c2c1. The lowest BCUT2D eigenvalue weighted by molar-refractivity contribution is 0.0955. The van der Waals surface area contributed by atoms with E-state index in [9.17, 15) is 9.90 Å². The number of fused-ring (bicyclic) bond motifs is 2. The molecule has 0 spiro atoms. The Morgan fingerprint density at radius 3 is 2.97 bits per heavy atom. The molecule has 3 N–H and O–H groups in total. The van der Waals surface area contributed by atoms with Gasteiger partial charge in [-0.3, -0.25) is 9.20 Å². The number of aromatic amines is 1. The summed E-state index contributed by atoms with van der Waals surface area (Å²) >= 11 is 0. The van der Waals surface area contributed by atoms with Crippen LogP contribution in [0.2, 0.25) is 0 Å². The van der Waals surface area contributed by atoms with Crippen molar-refractivity contribution in [2.45, 2.75) is 26.2 Å². The Balaban J connectivity index is 1.48. The molecule has 3 aromatic heterocycles. The molecule has 0 atom stereocenters. The minimum absolute atomic E-state index is 0.100. The summed E-state index contributed by atoms with van der Waals surface area (Å²) in [5, 5.41) is 21.4. The van der Waals surface area contributed by atoms with Crippen molar-refractivity contribution >= 4 is 28.7 Å². The Kier molecular flexibility index (Phi) is 4.75. The van der Waals surface area contributed by atoms with E-state index in [0.717, 1.165) is 16.9 Å². The van der Waals surface area contributed by atoms with Crippen molar-refractivity contribution in [1.29, 1.82) is 0 Å². The number of benzene rings is 1. The molecule has 0 saturated heterocycles. The number of rotatable bonds is 6. The average Bonchev–Trinajstić information content (AvgIpc) is 3.31. The van der Waals surface area contributed by atoms with Crippen molar-refractivity contribution in [2.24, 2.45) is 0 Å². The van der Waals surface area contributed by atoms with Crippen molar-refractivity contribution in [3.8, 4) is 5.75 Å². The van der Waals surface area contributed by atoms with Crippen molar-refractivity contribution in [2.75, 3.05) is 6.54 Å². The fraction of sp³-hybridized carbons (Fsp3) is 0.238. The quantitative estimate of drug-likeness (QED) is 0.469. The predicted octanol–water partition coefficient (Wildman–Crippen LogP) is 3.05. The molecule has 0 aliphatic rings. The fourth-order valence-electron chi connectivity index (χ4n) is 3.30. The van der Waals surface area contributed by atoms with Gasteiger partial charge in [0, 0.05) is 25.1 Å². The Morgan fingerprint density at radius 1 is 1.38 bits per heavy atom. The molecule has 8 heteroatoms. The van der Waals surface area contributed by atoms with Crippen LogP contribution < -0.4 is 5.32 Å². The molecule has 0 unspecified atom stereocenters. The third kappa shape index (κ3) is 3.44. The van der Waals surface area contributed by atoms with Crippen molar-refractivity contribution in [3.63, 3.8) is 0 Å². The molecule has 148 valence electrons. The van der Waals surface area contributed by atoms with E-state index >= 15 is 0 Å². The number of nitrogens with one attached hydrogen (secondary N) is 2. The molecule has 0 aliphatic heterocycles. The first-order valence-electron chi connectivity index (χ1n) is 9.44. The maximum atomic E-state index is 12.7. The summed E-state index contributed by atoms with van der Waals surface area (Å²) in [7, 11) is 0. The molecule has 8 nitrogen and oxygen atoms in total.